The van der Waals surface area contributed by atoms with E-state index in [1.165, 1.54) is 17.0 Å². The summed E-state index contributed by atoms with van der Waals surface area (Å²) in [5.41, 5.74) is -0.335. The molecule has 0 aromatic heterocycles. The number of aliphatic hydroxyl groups is 1. The number of nitrogens with zero attached hydrogens (tertiary/aromatic N) is 1. The molecule has 214 valence electrons. The zero-order valence-electron chi connectivity index (χ0n) is 23.8. The number of hydrogen-bond acceptors (Lipinski definition) is 6. The van der Waals surface area contributed by atoms with Crippen LogP contribution in [0.15, 0.2) is 24.3 Å². The number of nitrogens with one attached hydrogen (secondary N) is 2. The number of phenolic OH excluding ortho intramolecular Hbond substituents is 1. The van der Waals surface area contributed by atoms with Gasteiger partial charge < -0.3 is 30.5 Å². The molecular weight excluding hydrogens is 486 g/mol. The third-order valence-corrected chi connectivity index (χ3v) is 6.73. The number of rotatable bonds is 11. The van der Waals surface area contributed by atoms with Crippen molar-refractivity contribution >= 4 is 17.9 Å². The van der Waals surface area contributed by atoms with Crippen LogP contribution in [0.2, 0.25) is 0 Å². The van der Waals surface area contributed by atoms with Crippen molar-refractivity contribution in [1.82, 2.24) is 15.5 Å². The zero-order valence-corrected chi connectivity index (χ0v) is 23.8. The van der Waals surface area contributed by atoms with E-state index in [1.54, 1.807) is 32.9 Å². The van der Waals surface area contributed by atoms with Crippen LogP contribution in [0.4, 0.5) is 4.79 Å². The largest absolute Gasteiger partial charge is 0.508 e. The fourth-order valence-corrected chi connectivity index (χ4v) is 4.79. The molecule has 3 amide bonds. The summed E-state index contributed by atoms with van der Waals surface area (Å²) >= 11 is 0. The van der Waals surface area contributed by atoms with Gasteiger partial charge in [-0.15, -0.1) is 0 Å². The molecule has 1 aliphatic carbocycles. The van der Waals surface area contributed by atoms with E-state index in [4.69, 9.17) is 4.74 Å². The summed E-state index contributed by atoms with van der Waals surface area (Å²) in [7, 11) is 0. The molecule has 1 aliphatic rings. The lowest BCUT2D eigenvalue weighted by Gasteiger charge is -2.39. The van der Waals surface area contributed by atoms with E-state index in [-0.39, 0.29) is 17.7 Å². The van der Waals surface area contributed by atoms with Gasteiger partial charge in [0.1, 0.15) is 23.4 Å². The molecule has 0 saturated heterocycles. The quantitative estimate of drug-likeness (QED) is 0.333. The first-order valence-electron chi connectivity index (χ1n) is 13.8. The number of aliphatic hydroxyl groups excluding tert-OH is 1. The van der Waals surface area contributed by atoms with Crippen molar-refractivity contribution in [2.75, 3.05) is 6.61 Å². The van der Waals surface area contributed by atoms with Gasteiger partial charge in [-0.25, -0.2) is 4.79 Å². The Labute approximate surface area is 227 Å². The molecule has 3 unspecified atom stereocenters. The van der Waals surface area contributed by atoms with E-state index >= 15 is 0 Å². The number of amides is 3. The van der Waals surface area contributed by atoms with Crippen molar-refractivity contribution in [3.63, 3.8) is 0 Å². The predicted molar refractivity (Wildman–Crippen MR) is 146 cm³/mol. The summed E-state index contributed by atoms with van der Waals surface area (Å²) in [5.74, 6) is -0.591. The fraction of sp³-hybridized carbons (Fsp3) is 0.690. The average molecular weight is 534 g/mol. The Hall–Kier alpha value is -2.81. The first-order valence-corrected chi connectivity index (χ1v) is 13.8. The van der Waals surface area contributed by atoms with Crippen LogP contribution in [0.25, 0.3) is 0 Å². The van der Waals surface area contributed by atoms with Crippen molar-refractivity contribution in [1.29, 1.82) is 0 Å². The normalized spacial score (nSPS) is 16.8. The maximum absolute atomic E-state index is 14.0. The molecule has 1 fully saturated rings. The second kappa shape index (κ2) is 14.4. The number of carbonyl (C=O) groups is 3. The molecule has 2 rings (SSSR count). The Kier molecular flexibility index (Phi) is 11.9. The average Bonchev–Trinajstić information content (AvgIpc) is 2.83. The lowest BCUT2D eigenvalue weighted by atomic mass is 9.93. The third-order valence-electron chi connectivity index (χ3n) is 6.73. The van der Waals surface area contributed by atoms with Gasteiger partial charge in [0.05, 0.1) is 6.61 Å². The minimum Gasteiger partial charge on any atom is -0.508 e. The highest BCUT2D eigenvalue weighted by Gasteiger charge is 2.39. The monoisotopic (exact) mass is 533 g/mol. The van der Waals surface area contributed by atoms with Gasteiger partial charge in [0, 0.05) is 12.1 Å². The van der Waals surface area contributed by atoms with Gasteiger partial charge in [0.25, 0.3) is 0 Å². The topological polar surface area (TPSA) is 128 Å². The molecule has 1 saturated carbocycles. The van der Waals surface area contributed by atoms with Crippen LogP contribution >= 0.6 is 0 Å². The van der Waals surface area contributed by atoms with Gasteiger partial charge in [0.2, 0.25) is 11.8 Å². The van der Waals surface area contributed by atoms with Gasteiger partial charge in [-0.05, 0) is 77.0 Å². The molecule has 1 aromatic rings. The van der Waals surface area contributed by atoms with Crippen molar-refractivity contribution in [2.24, 2.45) is 5.92 Å². The van der Waals surface area contributed by atoms with Crippen molar-refractivity contribution in [3.8, 4) is 5.75 Å². The highest BCUT2D eigenvalue weighted by Crippen LogP contribution is 2.30. The number of alkyl carbamates (subject to hydrolysis) is 1. The molecule has 0 heterocycles. The summed E-state index contributed by atoms with van der Waals surface area (Å²) in [5, 5.41) is 26.0. The van der Waals surface area contributed by atoms with E-state index in [0.29, 0.717) is 17.9 Å². The van der Waals surface area contributed by atoms with Gasteiger partial charge >= 0.3 is 6.09 Å². The maximum atomic E-state index is 14.0. The molecule has 9 heteroatoms. The number of hydrogen-bond donors (Lipinski definition) is 4. The summed E-state index contributed by atoms with van der Waals surface area (Å²) in [4.78, 5) is 41.8. The van der Waals surface area contributed by atoms with Crippen LogP contribution < -0.4 is 10.6 Å². The Bertz CT molecular complexity index is 923. The number of phenols is 1. The molecular formula is C29H47N3O6. The Morgan fingerprint density at radius 2 is 1.74 bits per heavy atom. The van der Waals surface area contributed by atoms with Crippen LogP contribution in [0.3, 0.4) is 0 Å². The number of benzene rings is 1. The molecule has 0 radical (unpaired) electrons. The minimum atomic E-state index is -1.31. The van der Waals surface area contributed by atoms with E-state index in [2.05, 4.69) is 24.5 Å². The summed E-state index contributed by atoms with van der Waals surface area (Å²) in [6.07, 6.45) is 5.52. The SMILES string of the molecule is CC(C)CCC(C)N(C(=O)C(CO)NC(=O)OC(C)(C)C)C(C(=O)NC1CCCCC1)c1cccc(O)c1. The Morgan fingerprint density at radius 1 is 1.08 bits per heavy atom. The minimum absolute atomic E-state index is 0.00695. The molecule has 0 bridgehead atoms. The third kappa shape index (κ3) is 9.82. The van der Waals surface area contributed by atoms with E-state index in [0.717, 1.165) is 38.5 Å². The van der Waals surface area contributed by atoms with Gasteiger partial charge in [0.15, 0.2) is 0 Å². The predicted octanol–water partition coefficient (Wildman–Crippen LogP) is 4.42. The second-order valence-electron chi connectivity index (χ2n) is 11.8. The van der Waals surface area contributed by atoms with Gasteiger partial charge in [-0.1, -0.05) is 45.2 Å². The van der Waals surface area contributed by atoms with Crippen LogP contribution in [0.5, 0.6) is 5.75 Å². The summed E-state index contributed by atoms with van der Waals surface area (Å²) in [6.45, 7) is 10.5. The first-order chi connectivity index (χ1) is 17.8. The van der Waals surface area contributed by atoms with Gasteiger partial charge in [-0.3, -0.25) is 9.59 Å². The number of ether oxygens (including phenoxy) is 1. The Morgan fingerprint density at radius 3 is 2.29 bits per heavy atom. The van der Waals surface area contributed by atoms with Crippen molar-refractivity contribution < 1.29 is 29.3 Å². The number of carbonyl (C=O) groups excluding carboxylic acids is 3. The van der Waals surface area contributed by atoms with E-state index in [1.807, 2.05) is 6.92 Å². The van der Waals surface area contributed by atoms with Crippen LogP contribution in [-0.2, 0) is 14.3 Å². The van der Waals surface area contributed by atoms with E-state index < -0.39 is 42.3 Å². The first kappa shape index (κ1) is 31.4. The standard InChI is InChI=1S/C29H47N3O6/c1-19(2)15-16-20(3)32(27(36)24(18-33)31-28(37)38-29(4,5)6)25(21-11-10-14-23(34)17-21)26(35)30-22-12-8-7-9-13-22/h10-11,14,17,19-20,22,24-25,33-34H,7-9,12-13,15-16,18H2,1-6H3,(H,30,35)(H,31,37). The zero-order chi connectivity index (χ0) is 28.5. The molecule has 3 atom stereocenters. The van der Waals surface area contributed by atoms with Crippen LogP contribution in [0, 0.1) is 5.92 Å². The molecule has 9 nitrogen and oxygen atoms in total. The lowest BCUT2D eigenvalue weighted by molar-refractivity contribution is -0.146. The molecule has 1 aromatic carbocycles. The van der Waals surface area contributed by atoms with E-state index in [9.17, 15) is 24.6 Å². The fourth-order valence-electron chi connectivity index (χ4n) is 4.79. The van der Waals surface area contributed by atoms with Crippen molar-refractivity contribution in [3.05, 3.63) is 29.8 Å². The molecule has 4 N–H and O–H groups in total. The number of aromatic hydroxyl groups is 1. The lowest BCUT2D eigenvalue weighted by Crippen LogP contribution is -2.57. The van der Waals surface area contributed by atoms with Crippen LogP contribution in [-0.4, -0.2) is 63.4 Å². The molecule has 38 heavy (non-hydrogen) atoms. The van der Waals surface area contributed by atoms with Crippen molar-refractivity contribution in [2.45, 2.75) is 116 Å². The highest BCUT2D eigenvalue weighted by molar-refractivity contribution is 5.92. The maximum Gasteiger partial charge on any atom is 0.408 e. The molecule has 0 aliphatic heterocycles. The summed E-state index contributed by atoms with van der Waals surface area (Å²) < 4.78 is 5.30. The highest BCUT2D eigenvalue weighted by atomic mass is 16.6. The summed E-state index contributed by atoms with van der Waals surface area (Å²) in [6, 6.07) is 3.56. The smallest absolute Gasteiger partial charge is 0.408 e. The van der Waals surface area contributed by atoms with Crippen LogP contribution in [0.1, 0.15) is 98.1 Å². The molecule has 0 spiro atoms. The second-order valence-corrected chi connectivity index (χ2v) is 11.8. The Balaban J connectivity index is 2.48. The van der Waals surface area contributed by atoms with Gasteiger partial charge in [-0.2, -0.15) is 0 Å².